The van der Waals surface area contributed by atoms with Crippen molar-refractivity contribution in [2.24, 2.45) is 5.41 Å². The fourth-order valence-electron chi connectivity index (χ4n) is 2.10. The second kappa shape index (κ2) is 7.39. The van der Waals surface area contributed by atoms with Crippen molar-refractivity contribution < 1.29 is 4.39 Å². The second-order valence-electron chi connectivity index (χ2n) is 5.79. The van der Waals surface area contributed by atoms with Gasteiger partial charge in [-0.3, -0.25) is 0 Å². The largest absolute Gasteiger partial charge is 0.313 e. The number of benzene rings is 1. The van der Waals surface area contributed by atoms with Gasteiger partial charge in [0, 0.05) is 10.5 Å². The molecule has 1 N–H and O–H groups in total. The first-order valence-electron chi connectivity index (χ1n) is 7.08. The summed E-state index contributed by atoms with van der Waals surface area (Å²) >= 11 is 3.30. The molecule has 0 bridgehead atoms. The average Bonchev–Trinajstić information content (AvgIpc) is 2.36. The fourth-order valence-corrected chi connectivity index (χ4v) is 2.43. The predicted octanol–water partition coefficient (Wildman–Crippen LogP) is 4.94. The van der Waals surface area contributed by atoms with Crippen LogP contribution in [0.5, 0.6) is 0 Å². The maximum Gasteiger partial charge on any atom is 0.127 e. The Labute approximate surface area is 125 Å². The molecule has 0 heterocycles. The first-order chi connectivity index (χ1) is 8.90. The minimum atomic E-state index is -0.121. The van der Waals surface area contributed by atoms with E-state index in [-0.39, 0.29) is 11.2 Å². The summed E-state index contributed by atoms with van der Waals surface area (Å²) in [6, 6.07) is 5.64. The van der Waals surface area contributed by atoms with Crippen molar-refractivity contribution >= 4 is 15.9 Å². The van der Waals surface area contributed by atoms with Crippen molar-refractivity contribution in [2.75, 3.05) is 6.54 Å². The molecule has 0 amide bonds. The Morgan fingerprint density at radius 1 is 1.32 bits per heavy atom. The summed E-state index contributed by atoms with van der Waals surface area (Å²) in [5.74, 6) is -0.121. The molecule has 1 aromatic carbocycles. The van der Waals surface area contributed by atoms with Crippen LogP contribution >= 0.6 is 15.9 Å². The minimum Gasteiger partial charge on any atom is -0.313 e. The van der Waals surface area contributed by atoms with Crippen LogP contribution in [0, 0.1) is 11.2 Å². The molecular formula is C16H25BrFN. The molecule has 0 saturated carbocycles. The normalized spacial score (nSPS) is 13.6. The summed E-state index contributed by atoms with van der Waals surface area (Å²) in [6.45, 7) is 9.82. The molecule has 108 valence electrons. The zero-order chi connectivity index (χ0) is 14.5. The summed E-state index contributed by atoms with van der Waals surface area (Å²) < 4.78 is 14.8. The van der Waals surface area contributed by atoms with Crippen LogP contribution in [0.1, 0.15) is 46.1 Å². The second-order valence-corrected chi connectivity index (χ2v) is 6.70. The van der Waals surface area contributed by atoms with E-state index in [4.69, 9.17) is 0 Å². The zero-order valence-electron chi connectivity index (χ0n) is 12.4. The summed E-state index contributed by atoms with van der Waals surface area (Å²) in [6.07, 6.45) is 2.91. The van der Waals surface area contributed by atoms with Gasteiger partial charge in [-0.05, 0) is 48.9 Å². The van der Waals surface area contributed by atoms with Gasteiger partial charge in [0.25, 0.3) is 0 Å². The van der Waals surface area contributed by atoms with Crippen molar-refractivity contribution in [3.05, 3.63) is 34.1 Å². The Morgan fingerprint density at radius 3 is 2.53 bits per heavy atom. The number of hydrogen-bond acceptors (Lipinski definition) is 1. The molecule has 1 nitrogen and oxygen atoms in total. The van der Waals surface area contributed by atoms with Gasteiger partial charge in [-0.25, -0.2) is 4.39 Å². The standard InChI is InChI=1S/C16H25BrFN/c1-5-9-19-15(16(3,4)6-2)10-12-7-8-13(17)11-14(12)18/h7-8,11,15,19H,5-6,9-10H2,1-4H3. The molecule has 0 spiro atoms. The average molecular weight is 330 g/mol. The molecule has 0 aliphatic heterocycles. The molecule has 0 aliphatic rings. The van der Waals surface area contributed by atoms with Gasteiger partial charge in [-0.1, -0.05) is 49.7 Å². The zero-order valence-corrected chi connectivity index (χ0v) is 14.0. The van der Waals surface area contributed by atoms with Crippen molar-refractivity contribution in [1.82, 2.24) is 5.32 Å². The van der Waals surface area contributed by atoms with Crippen LogP contribution in [0.15, 0.2) is 22.7 Å². The molecule has 1 rings (SSSR count). The summed E-state index contributed by atoms with van der Waals surface area (Å²) in [5.41, 5.74) is 0.952. The molecule has 0 radical (unpaired) electrons. The molecule has 1 unspecified atom stereocenters. The molecule has 0 saturated heterocycles. The van der Waals surface area contributed by atoms with E-state index in [9.17, 15) is 4.39 Å². The van der Waals surface area contributed by atoms with Crippen LogP contribution in [0.3, 0.4) is 0 Å². The van der Waals surface area contributed by atoms with Gasteiger partial charge in [0.1, 0.15) is 5.82 Å². The molecule has 1 aromatic rings. The first kappa shape index (κ1) is 16.6. The van der Waals surface area contributed by atoms with Crippen LogP contribution in [-0.2, 0) is 6.42 Å². The third-order valence-corrected chi connectivity index (χ3v) is 4.43. The SMILES string of the molecule is CCCNC(Cc1ccc(Br)cc1F)C(C)(C)CC. The summed E-state index contributed by atoms with van der Waals surface area (Å²) in [4.78, 5) is 0. The van der Waals surface area contributed by atoms with E-state index in [0.717, 1.165) is 35.8 Å². The van der Waals surface area contributed by atoms with Crippen molar-refractivity contribution in [2.45, 2.75) is 53.0 Å². The Balaban J connectivity index is 2.87. The smallest absolute Gasteiger partial charge is 0.127 e. The summed E-state index contributed by atoms with van der Waals surface area (Å²) in [7, 11) is 0. The van der Waals surface area contributed by atoms with Gasteiger partial charge < -0.3 is 5.32 Å². The highest BCUT2D eigenvalue weighted by molar-refractivity contribution is 9.10. The van der Waals surface area contributed by atoms with Gasteiger partial charge in [0.2, 0.25) is 0 Å². The minimum absolute atomic E-state index is 0.121. The lowest BCUT2D eigenvalue weighted by Crippen LogP contribution is -2.43. The maximum atomic E-state index is 14.0. The highest BCUT2D eigenvalue weighted by Gasteiger charge is 2.28. The van der Waals surface area contributed by atoms with E-state index in [0.29, 0.717) is 6.04 Å². The van der Waals surface area contributed by atoms with Gasteiger partial charge in [0.05, 0.1) is 0 Å². The van der Waals surface area contributed by atoms with Gasteiger partial charge in [-0.2, -0.15) is 0 Å². The highest BCUT2D eigenvalue weighted by atomic mass is 79.9. The maximum absolute atomic E-state index is 14.0. The van der Waals surface area contributed by atoms with Crippen molar-refractivity contribution in [1.29, 1.82) is 0 Å². The van der Waals surface area contributed by atoms with Gasteiger partial charge >= 0.3 is 0 Å². The highest BCUT2D eigenvalue weighted by Crippen LogP contribution is 2.28. The monoisotopic (exact) mass is 329 g/mol. The summed E-state index contributed by atoms with van der Waals surface area (Å²) in [5, 5.41) is 3.57. The third-order valence-electron chi connectivity index (χ3n) is 3.93. The number of halogens is 2. The van der Waals surface area contributed by atoms with E-state index >= 15 is 0 Å². The lowest BCUT2D eigenvalue weighted by molar-refractivity contribution is 0.229. The lowest BCUT2D eigenvalue weighted by Gasteiger charge is -2.34. The molecule has 0 aliphatic carbocycles. The van der Waals surface area contributed by atoms with E-state index in [1.165, 1.54) is 0 Å². The Bertz CT molecular complexity index is 404. The van der Waals surface area contributed by atoms with Crippen LogP contribution < -0.4 is 5.32 Å². The number of hydrogen-bond donors (Lipinski definition) is 1. The Morgan fingerprint density at radius 2 is 2.00 bits per heavy atom. The van der Waals surface area contributed by atoms with E-state index in [1.54, 1.807) is 6.07 Å². The van der Waals surface area contributed by atoms with Gasteiger partial charge in [-0.15, -0.1) is 0 Å². The fraction of sp³-hybridized carbons (Fsp3) is 0.625. The number of rotatable bonds is 7. The molecule has 3 heteroatoms. The molecular weight excluding hydrogens is 305 g/mol. The lowest BCUT2D eigenvalue weighted by atomic mass is 9.79. The third kappa shape index (κ3) is 4.88. The van der Waals surface area contributed by atoms with Crippen LogP contribution in [0.4, 0.5) is 4.39 Å². The molecule has 0 aromatic heterocycles. The Kier molecular flexibility index (Phi) is 6.48. The van der Waals surface area contributed by atoms with Crippen LogP contribution in [0.2, 0.25) is 0 Å². The van der Waals surface area contributed by atoms with Crippen molar-refractivity contribution in [3.63, 3.8) is 0 Å². The molecule has 0 fully saturated rings. The molecule has 1 atom stereocenters. The quantitative estimate of drug-likeness (QED) is 0.747. The van der Waals surface area contributed by atoms with Crippen LogP contribution in [0.25, 0.3) is 0 Å². The first-order valence-corrected chi connectivity index (χ1v) is 7.87. The van der Waals surface area contributed by atoms with Crippen molar-refractivity contribution in [3.8, 4) is 0 Å². The van der Waals surface area contributed by atoms with E-state index < -0.39 is 0 Å². The van der Waals surface area contributed by atoms with Crippen LogP contribution in [-0.4, -0.2) is 12.6 Å². The van der Waals surface area contributed by atoms with E-state index in [1.807, 2.05) is 12.1 Å². The predicted molar refractivity (Wildman–Crippen MR) is 84.0 cm³/mol. The number of nitrogens with one attached hydrogen (secondary N) is 1. The topological polar surface area (TPSA) is 12.0 Å². The van der Waals surface area contributed by atoms with Gasteiger partial charge in [0.15, 0.2) is 0 Å². The van der Waals surface area contributed by atoms with E-state index in [2.05, 4.69) is 48.9 Å². The molecule has 19 heavy (non-hydrogen) atoms. The Hall–Kier alpha value is -0.410.